The van der Waals surface area contributed by atoms with Crippen molar-refractivity contribution in [3.8, 4) is 0 Å². The van der Waals surface area contributed by atoms with Crippen LogP contribution in [-0.4, -0.2) is 79.2 Å². The standard InChI is InChI=1S/C8H18O7S2.Na.H/c1-3-7(16(9,10)11)5-15-6-8(4-2)17(12,13)14;;/h7-8H,3-6H2,1-2H3,(H,9,10,11)(H,12,13,14);;. The molecule has 0 aliphatic rings. The van der Waals surface area contributed by atoms with E-state index in [0.717, 1.165) is 0 Å². The molecule has 0 spiro atoms. The van der Waals surface area contributed by atoms with Crippen molar-refractivity contribution < 1.29 is 30.7 Å². The van der Waals surface area contributed by atoms with Gasteiger partial charge in [0.1, 0.15) is 10.5 Å². The third-order valence-corrected chi connectivity index (χ3v) is 4.98. The maximum atomic E-state index is 10.8. The van der Waals surface area contributed by atoms with Crippen molar-refractivity contribution in [2.24, 2.45) is 0 Å². The Morgan fingerprint density at radius 3 is 1.33 bits per heavy atom. The van der Waals surface area contributed by atoms with Gasteiger partial charge in [0.25, 0.3) is 20.2 Å². The van der Waals surface area contributed by atoms with Crippen LogP contribution in [0.15, 0.2) is 0 Å². The van der Waals surface area contributed by atoms with E-state index in [0.29, 0.717) is 0 Å². The first-order chi connectivity index (χ1) is 7.62. The molecule has 0 bridgehead atoms. The molecular weight excluding hydrogens is 295 g/mol. The predicted octanol–water partition coefficient (Wildman–Crippen LogP) is -0.313. The topological polar surface area (TPSA) is 118 Å². The molecule has 0 aliphatic carbocycles. The molecule has 0 amide bonds. The Kier molecular flexibility index (Phi) is 10.4. The molecule has 0 saturated carbocycles. The van der Waals surface area contributed by atoms with E-state index in [2.05, 4.69) is 0 Å². The van der Waals surface area contributed by atoms with E-state index in [-0.39, 0.29) is 55.6 Å². The van der Waals surface area contributed by atoms with E-state index >= 15 is 0 Å². The summed E-state index contributed by atoms with van der Waals surface area (Å²) in [6, 6.07) is 0. The average Bonchev–Trinajstić information content (AvgIpc) is 2.13. The van der Waals surface area contributed by atoms with Crippen LogP contribution in [0.25, 0.3) is 0 Å². The quantitative estimate of drug-likeness (QED) is 0.466. The average molecular weight is 314 g/mol. The molecule has 0 fully saturated rings. The van der Waals surface area contributed by atoms with Gasteiger partial charge in [-0.3, -0.25) is 9.11 Å². The fraction of sp³-hybridized carbons (Fsp3) is 1.00. The van der Waals surface area contributed by atoms with Crippen molar-refractivity contribution in [3.63, 3.8) is 0 Å². The second kappa shape index (κ2) is 8.85. The number of hydrogen-bond donors (Lipinski definition) is 2. The molecule has 2 unspecified atom stereocenters. The summed E-state index contributed by atoms with van der Waals surface area (Å²) in [6.45, 7) is 2.51. The number of ether oxygens (including phenoxy) is 1. The Morgan fingerprint density at radius 1 is 0.889 bits per heavy atom. The normalized spacial score (nSPS) is 15.8. The zero-order chi connectivity index (χ0) is 13.7. The fourth-order valence-electron chi connectivity index (χ4n) is 1.16. The van der Waals surface area contributed by atoms with E-state index < -0.39 is 30.7 Å². The first-order valence-electron chi connectivity index (χ1n) is 5.13. The van der Waals surface area contributed by atoms with Gasteiger partial charge in [0.15, 0.2) is 0 Å². The Bertz CT molecular complexity index is 377. The molecule has 0 aromatic heterocycles. The molecule has 0 aromatic rings. The van der Waals surface area contributed by atoms with Crippen molar-refractivity contribution in [1.82, 2.24) is 0 Å². The summed E-state index contributed by atoms with van der Waals surface area (Å²) >= 11 is 0. The monoisotopic (exact) mass is 314 g/mol. The van der Waals surface area contributed by atoms with Crippen LogP contribution in [0.5, 0.6) is 0 Å². The zero-order valence-corrected chi connectivity index (χ0v) is 11.4. The summed E-state index contributed by atoms with van der Waals surface area (Å²) < 4.78 is 65.7. The third kappa shape index (κ3) is 8.05. The molecule has 7 nitrogen and oxygen atoms in total. The molecule has 106 valence electrons. The first-order valence-corrected chi connectivity index (χ1v) is 8.13. The van der Waals surface area contributed by atoms with Crippen molar-refractivity contribution in [3.05, 3.63) is 0 Å². The summed E-state index contributed by atoms with van der Waals surface area (Å²) in [6.07, 6.45) is 0.309. The summed E-state index contributed by atoms with van der Waals surface area (Å²) in [5.41, 5.74) is 0. The van der Waals surface area contributed by atoms with Gasteiger partial charge in [-0.25, -0.2) is 0 Å². The third-order valence-electron chi connectivity index (χ3n) is 2.36. The fourth-order valence-corrected chi connectivity index (χ4v) is 2.54. The summed E-state index contributed by atoms with van der Waals surface area (Å²) in [4.78, 5) is 0. The van der Waals surface area contributed by atoms with E-state index in [1.54, 1.807) is 13.8 Å². The van der Waals surface area contributed by atoms with E-state index in [4.69, 9.17) is 13.8 Å². The van der Waals surface area contributed by atoms with Gasteiger partial charge in [-0.05, 0) is 12.8 Å². The molecule has 0 rings (SSSR count). The van der Waals surface area contributed by atoms with Gasteiger partial charge in [-0.2, -0.15) is 16.8 Å². The van der Waals surface area contributed by atoms with Crippen LogP contribution in [0.2, 0.25) is 0 Å². The summed E-state index contributed by atoms with van der Waals surface area (Å²) in [7, 11) is -8.38. The van der Waals surface area contributed by atoms with Crippen LogP contribution in [0.3, 0.4) is 0 Å². The predicted molar refractivity (Wildman–Crippen MR) is 69.2 cm³/mol. The second-order valence-electron chi connectivity index (χ2n) is 3.63. The molecule has 0 aromatic carbocycles. The van der Waals surface area contributed by atoms with Crippen molar-refractivity contribution in [1.29, 1.82) is 0 Å². The van der Waals surface area contributed by atoms with Crippen LogP contribution >= 0.6 is 0 Å². The van der Waals surface area contributed by atoms with E-state index in [1.165, 1.54) is 0 Å². The van der Waals surface area contributed by atoms with E-state index in [1.807, 2.05) is 0 Å². The first kappa shape index (κ1) is 21.1. The van der Waals surface area contributed by atoms with Crippen molar-refractivity contribution in [2.45, 2.75) is 37.2 Å². The molecule has 2 atom stereocenters. The molecule has 0 radical (unpaired) electrons. The van der Waals surface area contributed by atoms with E-state index in [9.17, 15) is 16.8 Å². The second-order valence-corrected chi connectivity index (χ2v) is 7.02. The SMILES string of the molecule is CCC(COCC(CC)S(=O)(=O)O)S(=O)(=O)O.[NaH]. The van der Waals surface area contributed by atoms with Gasteiger partial charge in [-0.1, -0.05) is 13.8 Å². The minimum atomic E-state index is -4.19. The summed E-state index contributed by atoms with van der Waals surface area (Å²) in [5, 5.41) is -2.16. The van der Waals surface area contributed by atoms with Gasteiger partial charge in [-0.15, -0.1) is 0 Å². The summed E-state index contributed by atoms with van der Waals surface area (Å²) in [5.74, 6) is 0. The minimum absolute atomic E-state index is 0. The zero-order valence-electron chi connectivity index (χ0n) is 9.74. The number of rotatable bonds is 8. The van der Waals surface area contributed by atoms with Gasteiger partial charge in [0.05, 0.1) is 13.2 Å². The molecule has 0 saturated heterocycles. The Labute approximate surface area is 130 Å². The molecular formula is C8H19NaO7S2. The number of hydrogen-bond acceptors (Lipinski definition) is 5. The Balaban J connectivity index is 0. The van der Waals surface area contributed by atoms with Gasteiger partial charge < -0.3 is 4.74 Å². The van der Waals surface area contributed by atoms with Crippen LogP contribution in [0.1, 0.15) is 26.7 Å². The van der Waals surface area contributed by atoms with Crippen molar-refractivity contribution in [2.75, 3.05) is 13.2 Å². The molecule has 0 aliphatic heterocycles. The van der Waals surface area contributed by atoms with Gasteiger partial charge in [0.2, 0.25) is 0 Å². The maximum absolute atomic E-state index is 10.8. The Hall–Kier alpha value is 0.780. The Morgan fingerprint density at radius 2 is 1.17 bits per heavy atom. The molecule has 18 heavy (non-hydrogen) atoms. The van der Waals surface area contributed by atoms with Gasteiger partial charge >= 0.3 is 29.6 Å². The molecule has 2 N–H and O–H groups in total. The van der Waals surface area contributed by atoms with Crippen LogP contribution < -0.4 is 0 Å². The van der Waals surface area contributed by atoms with Gasteiger partial charge in [0, 0.05) is 0 Å². The molecule has 10 heteroatoms. The molecule has 0 heterocycles. The van der Waals surface area contributed by atoms with Crippen LogP contribution in [0, 0.1) is 0 Å². The van der Waals surface area contributed by atoms with Crippen LogP contribution in [-0.2, 0) is 25.0 Å². The van der Waals surface area contributed by atoms with Crippen molar-refractivity contribution >= 4 is 49.8 Å². The van der Waals surface area contributed by atoms with Crippen LogP contribution in [0.4, 0.5) is 0 Å².